The molecule has 6 bridgehead atoms. The number of allylic oxidation sites excluding steroid dienone is 6. The summed E-state index contributed by atoms with van der Waals surface area (Å²) in [5.41, 5.74) is -5.08. The molecule has 6 aliphatic carbocycles. The average Bonchev–Trinajstić information content (AvgIpc) is 3.59. The number of halogens is 9. The molecular weight excluding hydrogens is 862 g/mol. The average molecular weight is 907 g/mol. The first-order chi connectivity index (χ1) is 22.6. The second-order valence-electron chi connectivity index (χ2n) is 17.2. The zero-order valence-electron chi connectivity index (χ0n) is 30.3. The molecule has 0 aromatic heterocycles. The fourth-order valence-electron chi connectivity index (χ4n) is 9.88. The molecule has 0 radical (unpaired) electrons. The normalized spacial score (nSPS) is 38.0. The molecule has 6 nitrogen and oxygen atoms in total. The van der Waals surface area contributed by atoms with Crippen LogP contribution >= 0.6 is 0 Å². The SMILES string of the molecule is CC12CCC(/C(=C(/O)C(F)(F)F)C1=O)C2(C)C.CC12CCC(/C(=C(/O)C(F)(F)F)C1=O)C2(C)C.CC12CCC(/C(=C(/O)C(F)(F)F)C1=O)C2(C)C.[Dy]. The van der Waals surface area contributed by atoms with Crippen molar-refractivity contribution in [2.75, 3.05) is 0 Å². The van der Waals surface area contributed by atoms with Gasteiger partial charge in [0.2, 0.25) is 17.3 Å². The summed E-state index contributed by atoms with van der Waals surface area (Å²) in [6, 6.07) is 0. The Kier molecular flexibility index (Phi) is 11.1. The van der Waals surface area contributed by atoms with Gasteiger partial charge >= 0.3 is 18.5 Å². The zero-order chi connectivity index (χ0) is 39.7. The third-order valence-corrected chi connectivity index (χ3v) is 14.5. The maximum atomic E-state index is 12.5. The molecule has 0 heterocycles. The number of ketones is 3. The summed E-state index contributed by atoms with van der Waals surface area (Å²) in [4.78, 5) is 36.2. The van der Waals surface area contributed by atoms with E-state index in [1.165, 1.54) is 0 Å². The van der Waals surface area contributed by atoms with Crippen molar-refractivity contribution in [2.45, 2.75) is 119 Å². The van der Waals surface area contributed by atoms with Crippen LogP contribution in [0.2, 0.25) is 0 Å². The molecule has 298 valence electrons. The number of hydrogen-bond donors (Lipinski definition) is 3. The number of alkyl halides is 9. The second kappa shape index (κ2) is 12.9. The summed E-state index contributed by atoms with van der Waals surface area (Å²) in [6.45, 7) is 15.9. The van der Waals surface area contributed by atoms with Crippen molar-refractivity contribution in [3.8, 4) is 0 Å². The van der Waals surface area contributed by atoms with Crippen molar-refractivity contribution >= 4 is 17.3 Å². The third kappa shape index (κ3) is 6.07. The predicted molar refractivity (Wildman–Crippen MR) is 166 cm³/mol. The number of Topliss-reactive ketones (excluding diaryl/α,β-unsaturated/α-hetero) is 3. The molecule has 0 amide bonds. The Morgan fingerprint density at radius 3 is 0.750 bits per heavy atom. The minimum Gasteiger partial charge on any atom is -0.504 e. The Balaban J connectivity index is 0.000000208. The number of rotatable bonds is 0. The minimum absolute atomic E-state index is 0. The van der Waals surface area contributed by atoms with Gasteiger partial charge in [0.1, 0.15) is 0 Å². The quantitative estimate of drug-likeness (QED) is 0.127. The number of hydrogen-bond acceptors (Lipinski definition) is 6. The van der Waals surface area contributed by atoms with E-state index in [1.54, 1.807) is 62.3 Å². The standard InChI is InChI=1S/3C12H15F3O2.Dy/c3*1-10(2)6-4-5-11(10,3)8(16)7(6)9(17)12(13,14)15;/h3*6,17H,4-5H2,1-3H3;/b3*9-7-;. The van der Waals surface area contributed by atoms with E-state index in [9.17, 15) is 69.2 Å². The molecule has 3 N–H and O–H groups in total. The van der Waals surface area contributed by atoms with Gasteiger partial charge in [0.15, 0.2) is 17.3 Å². The second-order valence-corrected chi connectivity index (χ2v) is 17.2. The van der Waals surface area contributed by atoms with Crippen LogP contribution in [0.4, 0.5) is 39.5 Å². The van der Waals surface area contributed by atoms with E-state index >= 15 is 0 Å². The van der Waals surface area contributed by atoms with Crippen molar-refractivity contribution in [1.29, 1.82) is 0 Å². The molecule has 0 saturated heterocycles. The fourth-order valence-corrected chi connectivity index (χ4v) is 9.88. The molecule has 6 atom stereocenters. The van der Waals surface area contributed by atoms with Gasteiger partial charge in [-0.3, -0.25) is 14.4 Å². The molecule has 6 fully saturated rings. The van der Waals surface area contributed by atoms with Gasteiger partial charge in [0.25, 0.3) is 0 Å². The summed E-state index contributed by atoms with van der Waals surface area (Å²) >= 11 is 0. The van der Waals surface area contributed by atoms with Crippen LogP contribution in [-0.4, -0.2) is 51.2 Å². The molecule has 16 heteroatoms. The molecule has 0 aliphatic heterocycles. The molecule has 6 unspecified atom stereocenters. The van der Waals surface area contributed by atoms with E-state index in [1.807, 2.05) is 0 Å². The van der Waals surface area contributed by atoms with Crippen LogP contribution < -0.4 is 0 Å². The van der Waals surface area contributed by atoms with Crippen LogP contribution in [0.5, 0.6) is 0 Å². The molecule has 6 saturated carbocycles. The van der Waals surface area contributed by atoms with Crippen LogP contribution in [0.15, 0.2) is 34.0 Å². The summed E-state index contributed by atoms with van der Waals surface area (Å²) in [7, 11) is 0. The molecule has 52 heavy (non-hydrogen) atoms. The van der Waals surface area contributed by atoms with E-state index in [0.717, 1.165) is 0 Å². The van der Waals surface area contributed by atoms with Crippen molar-refractivity contribution < 1.29 is 107 Å². The van der Waals surface area contributed by atoms with E-state index < -0.39 is 120 Å². The Hall–Kier alpha value is -1.73. The van der Waals surface area contributed by atoms with Crippen LogP contribution in [0, 0.1) is 88.4 Å². The van der Waals surface area contributed by atoms with Gasteiger partial charge in [-0.1, -0.05) is 62.3 Å². The number of carbonyl (C=O) groups is 3. The van der Waals surface area contributed by atoms with Crippen molar-refractivity contribution in [2.24, 2.45) is 50.2 Å². The van der Waals surface area contributed by atoms with Crippen LogP contribution in [0.1, 0.15) is 101 Å². The van der Waals surface area contributed by atoms with Crippen LogP contribution in [0.3, 0.4) is 0 Å². The number of carbonyl (C=O) groups excluding carboxylic acids is 3. The molecule has 0 aromatic rings. The van der Waals surface area contributed by atoms with Gasteiger partial charge < -0.3 is 15.3 Å². The van der Waals surface area contributed by atoms with Gasteiger partial charge in [0, 0.05) is 71.1 Å². The summed E-state index contributed by atoms with van der Waals surface area (Å²) in [5.74, 6) is -8.13. The molecule has 0 spiro atoms. The molecular formula is C36H45DyF9O6. The maximum Gasteiger partial charge on any atom is 0.449 e. The van der Waals surface area contributed by atoms with Gasteiger partial charge in [0.05, 0.1) is 0 Å². The first-order valence-corrected chi connectivity index (χ1v) is 16.8. The van der Waals surface area contributed by atoms with Crippen molar-refractivity contribution in [3.63, 3.8) is 0 Å². The Labute approximate surface area is 326 Å². The molecule has 0 aromatic carbocycles. The van der Waals surface area contributed by atoms with Crippen LogP contribution in [0.25, 0.3) is 0 Å². The third-order valence-electron chi connectivity index (χ3n) is 14.5. The minimum atomic E-state index is -4.83. The van der Waals surface area contributed by atoms with E-state index in [2.05, 4.69) is 0 Å². The maximum absolute atomic E-state index is 12.5. The first-order valence-electron chi connectivity index (χ1n) is 16.8. The van der Waals surface area contributed by atoms with Crippen LogP contribution in [-0.2, 0) is 14.4 Å². The monoisotopic (exact) mass is 908 g/mol. The predicted octanol–water partition coefficient (Wildman–Crippen LogP) is 10.2. The van der Waals surface area contributed by atoms with Gasteiger partial charge in [-0.05, 0) is 72.5 Å². The molecule has 6 aliphatic rings. The summed E-state index contributed by atoms with van der Waals surface area (Å²) < 4.78 is 113. The summed E-state index contributed by atoms with van der Waals surface area (Å²) in [6.07, 6.45) is -11.1. The van der Waals surface area contributed by atoms with Crippen molar-refractivity contribution in [1.82, 2.24) is 0 Å². The Morgan fingerprint density at radius 2 is 0.635 bits per heavy atom. The number of aliphatic hydroxyl groups excluding tert-OH is 3. The Bertz CT molecular complexity index is 1460. The summed E-state index contributed by atoms with van der Waals surface area (Å²) in [5, 5.41) is 27.8. The largest absolute Gasteiger partial charge is 0.504 e. The zero-order valence-corrected chi connectivity index (χ0v) is 32.3. The first kappa shape index (κ1) is 44.7. The van der Waals surface area contributed by atoms with E-state index in [0.29, 0.717) is 38.5 Å². The Morgan fingerprint density at radius 1 is 0.462 bits per heavy atom. The van der Waals surface area contributed by atoms with Gasteiger partial charge in [-0.25, -0.2) is 0 Å². The van der Waals surface area contributed by atoms with E-state index in [-0.39, 0.29) is 38.2 Å². The van der Waals surface area contributed by atoms with Crippen molar-refractivity contribution in [3.05, 3.63) is 34.0 Å². The smallest absolute Gasteiger partial charge is 0.449 e. The van der Waals surface area contributed by atoms with Gasteiger partial charge in [-0.2, -0.15) is 39.5 Å². The fraction of sp³-hybridized carbons (Fsp3) is 0.750. The van der Waals surface area contributed by atoms with E-state index in [4.69, 9.17) is 0 Å². The number of aliphatic hydroxyl groups is 3. The number of fused-ring (bicyclic) bond motifs is 6. The molecule has 6 rings (SSSR count). The van der Waals surface area contributed by atoms with Gasteiger partial charge in [-0.15, -0.1) is 0 Å². The topological polar surface area (TPSA) is 112 Å².